The van der Waals surface area contributed by atoms with Gasteiger partial charge in [0.1, 0.15) is 0 Å². The number of benzene rings is 1. The molecule has 0 atom stereocenters. The smallest absolute Gasteiger partial charge is 0.258 e. The summed E-state index contributed by atoms with van der Waals surface area (Å²) in [5.41, 5.74) is -1.77. The van der Waals surface area contributed by atoms with Gasteiger partial charge in [0.2, 0.25) is 0 Å². The highest BCUT2D eigenvalue weighted by Crippen LogP contribution is 1.99. The molecule has 0 bridgehead atoms. The Morgan fingerprint density at radius 2 is 1.78 bits per heavy atom. The minimum Gasteiger partial charge on any atom is -0.258 e. The third kappa shape index (κ3) is 1.95. The van der Waals surface area contributed by atoms with Crippen LogP contribution < -0.4 is 17.1 Å². The lowest BCUT2D eigenvalue weighted by Gasteiger charge is -2.06. The fraction of sp³-hybridized carbons (Fsp3) is 0.0833. The van der Waals surface area contributed by atoms with Crippen LogP contribution in [0.5, 0.6) is 0 Å². The number of para-hydroxylation sites is 1. The molecule has 92 valence electrons. The number of hydrogen-bond donors (Lipinski definition) is 1. The maximum Gasteiger partial charge on any atom is 0.341 e. The Morgan fingerprint density at radius 1 is 1.11 bits per heavy atom. The van der Waals surface area contributed by atoms with Gasteiger partial charge in [0.05, 0.1) is 12.2 Å². The van der Waals surface area contributed by atoms with Crippen LogP contribution >= 0.6 is 0 Å². The molecule has 1 aromatic carbocycles. The fourth-order valence-corrected chi connectivity index (χ4v) is 1.60. The number of nitrogens with one attached hydrogen (secondary N) is 1. The van der Waals surface area contributed by atoms with Crippen molar-refractivity contribution in [1.82, 2.24) is 14.1 Å². The predicted octanol–water partition coefficient (Wildman–Crippen LogP) is -0.127. The molecular formula is C12H11N3O3. The van der Waals surface area contributed by atoms with Gasteiger partial charge < -0.3 is 0 Å². The van der Waals surface area contributed by atoms with Gasteiger partial charge in [0, 0.05) is 0 Å². The Labute approximate surface area is 101 Å². The van der Waals surface area contributed by atoms with Crippen molar-refractivity contribution < 1.29 is 0 Å². The van der Waals surface area contributed by atoms with Crippen LogP contribution in [0.25, 0.3) is 5.69 Å². The molecule has 2 aromatic rings. The van der Waals surface area contributed by atoms with E-state index < -0.39 is 17.1 Å². The lowest BCUT2D eigenvalue weighted by molar-refractivity contribution is 0.625. The summed E-state index contributed by atoms with van der Waals surface area (Å²) in [6.45, 7) is 3.51. The number of nitrogens with zero attached hydrogens (tertiary/aromatic N) is 2. The molecule has 1 N–H and O–H groups in total. The number of allylic oxidation sites excluding steroid dienone is 1. The van der Waals surface area contributed by atoms with E-state index >= 15 is 0 Å². The zero-order valence-corrected chi connectivity index (χ0v) is 9.50. The highest BCUT2D eigenvalue weighted by Gasteiger charge is 2.09. The van der Waals surface area contributed by atoms with Crippen molar-refractivity contribution in [1.29, 1.82) is 0 Å². The number of rotatable bonds is 3. The van der Waals surface area contributed by atoms with Crippen molar-refractivity contribution >= 4 is 0 Å². The van der Waals surface area contributed by atoms with E-state index in [0.29, 0.717) is 5.69 Å². The third-order valence-electron chi connectivity index (χ3n) is 2.41. The van der Waals surface area contributed by atoms with E-state index in [1.165, 1.54) is 6.08 Å². The zero-order chi connectivity index (χ0) is 13.1. The molecule has 0 saturated heterocycles. The maximum absolute atomic E-state index is 12.1. The minimum atomic E-state index is -0.753. The molecule has 0 saturated carbocycles. The van der Waals surface area contributed by atoms with E-state index in [-0.39, 0.29) is 6.54 Å². The van der Waals surface area contributed by atoms with Gasteiger partial charge in [-0.3, -0.25) is 4.98 Å². The van der Waals surface area contributed by atoms with Crippen molar-refractivity contribution in [3.05, 3.63) is 74.4 Å². The molecule has 1 heterocycles. The number of H-pyrrole nitrogens is 1. The largest absolute Gasteiger partial charge is 0.341 e. The number of hydrogen-bond acceptors (Lipinski definition) is 3. The van der Waals surface area contributed by atoms with Gasteiger partial charge in [-0.25, -0.2) is 23.5 Å². The Bertz CT molecular complexity index is 738. The zero-order valence-electron chi connectivity index (χ0n) is 9.50. The van der Waals surface area contributed by atoms with Crippen molar-refractivity contribution in [3.8, 4) is 5.69 Å². The van der Waals surface area contributed by atoms with E-state index in [4.69, 9.17) is 0 Å². The Balaban J connectivity index is 2.81. The quantitative estimate of drug-likeness (QED) is 0.765. The summed E-state index contributed by atoms with van der Waals surface area (Å²) in [5.74, 6) is 0. The SMILES string of the molecule is C=CCn1c(=O)[nH]c(=O)n(-c2ccccc2)c1=O. The molecule has 0 amide bonds. The molecule has 0 fully saturated rings. The van der Waals surface area contributed by atoms with Gasteiger partial charge in [-0.15, -0.1) is 6.58 Å². The van der Waals surface area contributed by atoms with Gasteiger partial charge in [-0.05, 0) is 12.1 Å². The summed E-state index contributed by atoms with van der Waals surface area (Å²) in [5, 5.41) is 0. The topological polar surface area (TPSA) is 76.9 Å². The first-order valence-electron chi connectivity index (χ1n) is 5.27. The Morgan fingerprint density at radius 3 is 2.39 bits per heavy atom. The third-order valence-corrected chi connectivity index (χ3v) is 2.41. The van der Waals surface area contributed by atoms with Crippen LogP contribution in [0, 0.1) is 0 Å². The van der Waals surface area contributed by atoms with Crippen LogP contribution in [0.3, 0.4) is 0 Å². The van der Waals surface area contributed by atoms with Crippen molar-refractivity contribution in [2.75, 3.05) is 0 Å². The van der Waals surface area contributed by atoms with E-state index in [0.717, 1.165) is 9.13 Å². The van der Waals surface area contributed by atoms with Gasteiger partial charge >= 0.3 is 17.1 Å². The van der Waals surface area contributed by atoms with E-state index in [9.17, 15) is 14.4 Å². The lowest BCUT2D eigenvalue weighted by Crippen LogP contribution is -2.48. The summed E-state index contributed by atoms with van der Waals surface area (Å²) >= 11 is 0. The molecule has 0 aliphatic carbocycles. The van der Waals surface area contributed by atoms with Gasteiger partial charge in [-0.2, -0.15) is 0 Å². The number of aromatic nitrogens is 3. The minimum absolute atomic E-state index is 0.0429. The Hall–Kier alpha value is -2.63. The monoisotopic (exact) mass is 245 g/mol. The summed E-state index contributed by atoms with van der Waals surface area (Å²) in [6.07, 6.45) is 1.41. The van der Waals surface area contributed by atoms with Crippen LogP contribution in [-0.4, -0.2) is 14.1 Å². The highest BCUT2D eigenvalue weighted by molar-refractivity contribution is 5.30. The molecule has 0 unspecified atom stereocenters. The summed E-state index contributed by atoms with van der Waals surface area (Å²) < 4.78 is 1.81. The molecule has 0 aliphatic rings. The van der Waals surface area contributed by atoms with Crippen LogP contribution in [0.1, 0.15) is 0 Å². The summed E-state index contributed by atoms with van der Waals surface area (Å²) in [4.78, 5) is 37.3. The predicted molar refractivity (Wildman–Crippen MR) is 67.1 cm³/mol. The fourth-order valence-electron chi connectivity index (χ4n) is 1.60. The lowest BCUT2D eigenvalue weighted by atomic mass is 10.3. The second-order valence-corrected chi connectivity index (χ2v) is 3.59. The number of aromatic amines is 1. The second-order valence-electron chi connectivity index (χ2n) is 3.59. The van der Waals surface area contributed by atoms with Crippen LogP contribution in [0.4, 0.5) is 0 Å². The molecule has 6 heteroatoms. The summed E-state index contributed by atoms with van der Waals surface area (Å²) in [7, 11) is 0. The molecular weight excluding hydrogens is 234 g/mol. The van der Waals surface area contributed by atoms with Crippen LogP contribution in [0.2, 0.25) is 0 Å². The van der Waals surface area contributed by atoms with E-state index in [1.54, 1.807) is 30.3 Å². The molecule has 2 rings (SSSR count). The van der Waals surface area contributed by atoms with Gasteiger partial charge in [0.25, 0.3) is 0 Å². The second kappa shape index (κ2) is 4.70. The average Bonchev–Trinajstić information content (AvgIpc) is 2.35. The molecule has 6 nitrogen and oxygen atoms in total. The first kappa shape index (κ1) is 11.8. The van der Waals surface area contributed by atoms with Gasteiger partial charge in [-0.1, -0.05) is 24.3 Å². The van der Waals surface area contributed by atoms with Crippen molar-refractivity contribution in [3.63, 3.8) is 0 Å². The van der Waals surface area contributed by atoms with Crippen molar-refractivity contribution in [2.45, 2.75) is 6.54 Å². The maximum atomic E-state index is 12.1. The average molecular weight is 245 g/mol. The highest BCUT2D eigenvalue weighted by atomic mass is 16.2. The standard InChI is InChI=1S/C12H11N3O3/c1-2-8-14-10(16)13-11(17)15(12(14)18)9-6-4-3-5-7-9/h2-7H,1,8H2,(H,13,16,17). The van der Waals surface area contributed by atoms with E-state index in [2.05, 4.69) is 11.6 Å². The first-order valence-corrected chi connectivity index (χ1v) is 5.27. The van der Waals surface area contributed by atoms with Crippen LogP contribution in [0.15, 0.2) is 57.4 Å². The van der Waals surface area contributed by atoms with Crippen molar-refractivity contribution in [2.24, 2.45) is 0 Å². The molecule has 18 heavy (non-hydrogen) atoms. The Kier molecular flexibility index (Phi) is 3.09. The molecule has 0 spiro atoms. The molecule has 1 aromatic heterocycles. The summed E-state index contributed by atoms with van der Waals surface area (Å²) in [6, 6.07) is 8.38. The molecule has 0 radical (unpaired) electrons. The first-order chi connectivity index (χ1) is 8.65. The van der Waals surface area contributed by atoms with Gasteiger partial charge in [0.15, 0.2) is 0 Å². The molecule has 0 aliphatic heterocycles. The van der Waals surface area contributed by atoms with E-state index in [1.807, 2.05) is 0 Å². The van der Waals surface area contributed by atoms with Crippen LogP contribution in [-0.2, 0) is 6.54 Å². The normalized spacial score (nSPS) is 10.2.